The van der Waals surface area contributed by atoms with Crippen molar-refractivity contribution >= 4 is 21.7 Å². The Morgan fingerprint density at radius 3 is 2.47 bits per heavy atom. The summed E-state index contributed by atoms with van der Waals surface area (Å²) in [4.78, 5) is 19.3. The van der Waals surface area contributed by atoms with Gasteiger partial charge >= 0.3 is 16.3 Å². The van der Waals surface area contributed by atoms with E-state index in [-0.39, 0.29) is 6.54 Å². The normalized spacial score (nSPS) is 18.4. The minimum absolute atomic E-state index is 0.202. The predicted molar refractivity (Wildman–Crippen MR) is 118 cm³/mol. The molecule has 2 aromatic heterocycles. The highest BCUT2D eigenvalue weighted by atomic mass is 32.2. The topological polar surface area (TPSA) is 145 Å². The van der Waals surface area contributed by atoms with Crippen LogP contribution >= 0.6 is 0 Å². The molecule has 0 spiro atoms. The molecule has 3 aromatic rings. The maximum atomic E-state index is 13.5. The Balaban J connectivity index is 1.77. The van der Waals surface area contributed by atoms with Crippen LogP contribution in [0.1, 0.15) is 30.5 Å². The van der Waals surface area contributed by atoms with Gasteiger partial charge in [0, 0.05) is 18.4 Å². The van der Waals surface area contributed by atoms with Crippen molar-refractivity contribution in [3.05, 3.63) is 65.6 Å². The van der Waals surface area contributed by atoms with Crippen LogP contribution in [-0.4, -0.2) is 54.8 Å². The molecule has 1 unspecified atom stereocenters. The van der Waals surface area contributed by atoms with Crippen LogP contribution in [0.4, 0.5) is 18.9 Å². The molecule has 0 radical (unpaired) electrons. The predicted octanol–water partition coefficient (Wildman–Crippen LogP) is 2.35. The molecule has 0 bridgehead atoms. The van der Waals surface area contributed by atoms with Crippen LogP contribution in [0.2, 0.25) is 0 Å². The van der Waals surface area contributed by atoms with Gasteiger partial charge in [0.25, 0.3) is 0 Å². The summed E-state index contributed by atoms with van der Waals surface area (Å²) in [7, 11) is -5.04. The van der Waals surface area contributed by atoms with Gasteiger partial charge in [-0.1, -0.05) is 11.3 Å². The monoisotopic (exact) mass is 521 g/mol. The highest BCUT2D eigenvalue weighted by Gasteiger charge is 2.57. The molecule has 1 amide bonds. The van der Waals surface area contributed by atoms with Gasteiger partial charge in [0.1, 0.15) is 0 Å². The van der Waals surface area contributed by atoms with Gasteiger partial charge in [-0.3, -0.25) is 14.2 Å². The van der Waals surface area contributed by atoms with E-state index in [1.54, 1.807) is 18.3 Å². The summed E-state index contributed by atoms with van der Waals surface area (Å²) in [5, 5.41) is 16.5. The number of carbonyl (C=O) groups excluding carboxylic acids is 1. The second-order valence-electron chi connectivity index (χ2n) is 8.42. The molecule has 15 heteroatoms. The molecule has 1 aliphatic heterocycles. The van der Waals surface area contributed by atoms with Gasteiger partial charge in [-0.05, 0) is 43.7 Å². The number of carbonyl (C=O) groups is 1. The number of nitriles is 1. The van der Waals surface area contributed by atoms with Crippen LogP contribution < -0.4 is 4.90 Å². The fraction of sp³-hybridized carbons (Fsp3) is 0.286. The Morgan fingerprint density at radius 1 is 1.22 bits per heavy atom. The number of amides is 1. The highest BCUT2D eigenvalue weighted by Crippen LogP contribution is 2.41. The van der Waals surface area contributed by atoms with Gasteiger partial charge < -0.3 is 0 Å². The third-order valence-corrected chi connectivity index (χ3v) is 6.74. The first kappa shape index (κ1) is 25.2. The summed E-state index contributed by atoms with van der Waals surface area (Å²) >= 11 is 0. The van der Waals surface area contributed by atoms with Crippen LogP contribution in [0, 0.1) is 11.3 Å². The van der Waals surface area contributed by atoms with E-state index in [9.17, 15) is 30.9 Å². The van der Waals surface area contributed by atoms with Crippen LogP contribution in [-0.2, 0) is 27.6 Å². The zero-order valence-electron chi connectivity index (χ0n) is 18.7. The van der Waals surface area contributed by atoms with Gasteiger partial charge in [0.05, 0.1) is 35.1 Å². The first-order valence-corrected chi connectivity index (χ1v) is 11.7. The van der Waals surface area contributed by atoms with Crippen molar-refractivity contribution in [1.29, 1.82) is 5.26 Å². The summed E-state index contributed by atoms with van der Waals surface area (Å²) in [6, 6.07) is 6.98. The molecule has 3 heterocycles. The molecule has 4 rings (SSSR count). The van der Waals surface area contributed by atoms with Crippen LogP contribution in [0.5, 0.6) is 0 Å². The van der Waals surface area contributed by atoms with Crippen LogP contribution in [0.3, 0.4) is 0 Å². The van der Waals surface area contributed by atoms with Gasteiger partial charge in [0.2, 0.25) is 11.4 Å². The maximum Gasteiger partial charge on any atom is 0.417 e. The molecule has 0 saturated carbocycles. The molecule has 1 N–H and O–H groups in total. The third-order valence-electron chi connectivity index (χ3n) is 5.74. The second kappa shape index (κ2) is 8.66. The maximum absolute atomic E-state index is 13.5. The quantitative estimate of drug-likeness (QED) is 0.500. The summed E-state index contributed by atoms with van der Waals surface area (Å²) in [6.07, 6.45) is -0.523. The van der Waals surface area contributed by atoms with E-state index < -0.39 is 50.1 Å². The van der Waals surface area contributed by atoms with E-state index >= 15 is 0 Å². The number of anilines is 1. The number of hydrogen-bond donors (Lipinski definition) is 1. The number of nitrogens with zero attached hydrogens (tertiary/aromatic N) is 7. The van der Waals surface area contributed by atoms with E-state index in [1.165, 1.54) is 37.0 Å². The van der Waals surface area contributed by atoms with Gasteiger partial charge in [0.15, 0.2) is 5.82 Å². The number of halogens is 3. The summed E-state index contributed by atoms with van der Waals surface area (Å²) < 4.78 is 77.0. The third kappa shape index (κ3) is 4.41. The van der Waals surface area contributed by atoms with Crippen molar-refractivity contribution in [2.75, 3.05) is 4.90 Å². The number of rotatable bonds is 5. The molecule has 1 aromatic carbocycles. The van der Waals surface area contributed by atoms with Crippen molar-refractivity contribution in [3.8, 4) is 11.9 Å². The molecular formula is C21H18F3N7O4S. The molecule has 36 heavy (non-hydrogen) atoms. The number of pyridine rings is 1. The van der Waals surface area contributed by atoms with Crippen molar-refractivity contribution in [2.45, 2.75) is 37.6 Å². The highest BCUT2D eigenvalue weighted by molar-refractivity contribution is 7.86. The number of benzene rings is 1. The minimum atomic E-state index is -5.04. The lowest BCUT2D eigenvalue weighted by Crippen LogP contribution is -2.48. The lowest BCUT2D eigenvalue weighted by atomic mass is 10.0. The van der Waals surface area contributed by atoms with E-state index in [0.717, 1.165) is 17.0 Å². The standard InChI is InChI=1S/C21H18F3N7O4S/c1-20(2)18(32)31(15-5-4-14(10-25)16(9-15)21(22,23)24)19(36(33,34)35)29(20)12-13-3-6-17(26-11-13)30-8-7-27-28-30/h3-9,11,19H,12H2,1-2H3,(H,33,34,35). The van der Waals surface area contributed by atoms with E-state index in [4.69, 9.17) is 5.26 Å². The van der Waals surface area contributed by atoms with Crippen molar-refractivity contribution in [1.82, 2.24) is 24.9 Å². The average Bonchev–Trinajstić information content (AvgIpc) is 3.40. The molecule has 1 saturated heterocycles. The largest absolute Gasteiger partial charge is 0.417 e. The molecule has 1 aliphatic rings. The van der Waals surface area contributed by atoms with Gasteiger partial charge in [-0.2, -0.15) is 26.9 Å². The Hall–Kier alpha value is -3.87. The molecule has 0 aliphatic carbocycles. The Morgan fingerprint density at radius 2 is 1.94 bits per heavy atom. The first-order chi connectivity index (χ1) is 16.7. The Labute approximate surface area is 203 Å². The molecule has 1 atom stereocenters. The van der Waals surface area contributed by atoms with E-state index in [0.29, 0.717) is 22.3 Å². The number of hydrogen-bond acceptors (Lipinski definition) is 8. The fourth-order valence-corrected chi connectivity index (χ4v) is 5.08. The smallest absolute Gasteiger partial charge is 0.283 e. The second-order valence-corrected chi connectivity index (χ2v) is 9.87. The number of alkyl halides is 3. The Bertz CT molecular complexity index is 1450. The fourth-order valence-electron chi connectivity index (χ4n) is 3.93. The lowest BCUT2D eigenvalue weighted by molar-refractivity contribution is -0.137. The van der Waals surface area contributed by atoms with Gasteiger partial charge in [-0.25, -0.2) is 14.6 Å². The van der Waals surface area contributed by atoms with Crippen molar-refractivity contribution in [2.24, 2.45) is 0 Å². The van der Waals surface area contributed by atoms with Gasteiger partial charge in [-0.15, -0.1) is 5.10 Å². The van der Waals surface area contributed by atoms with E-state index in [1.807, 2.05) is 0 Å². The summed E-state index contributed by atoms with van der Waals surface area (Å²) in [5.74, 6) is -0.451. The first-order valence-electron chi connectivity index (χ1n) is 10.2. The molecule has 11 nitrogen and oxygen atoms in total. The zero-order chi connectivity index (χ0) is 26.5. The van der Waals surface area contributed by atoms with E-state index in [2.05, 4.69) is 15.3 Å². The lowest BCUT2D eigenvalue weighted by Gasteiger charge is -2.31. The number of aromatic nitrogens is 4. The molecular weight excluding hydrogens is 503 g/mol. The minimum Gasteiger partial charge on any atom is -0.283 e. The summed E-state index contributed by atoms with van der Waals surface area (Å²) in [5.41, 5.74) is -5.62. The molecule has 1 fully saturated rings. The Kier molecular flexibility index (Phi) is 6.07. The van der Waals surface area contributed by atoms with Crippen molar-refractivity contribution < 1.29 is 30.9 Å². The average molecular weight is 521 g/mol. The summed E-state index contributed by atoms with van der Waals surface area (Å²) in [6.45, 7) is 2.57. The van der Waals surface area contributed by atoms with Crippen LogP contribution in [0.15, 0.2) is 48.9 Å². The van der Waals surface area contributed by atoms with Crippen LogP contribution in [0.25, 0.3) is 5.82 Å². The molecule has 188 valence electrons. The SMILES string of the molecule is CC1(C)C(=O)N(c2ccc(C#N)c(C(F)(F)F)c2)C(S(=O)(=O)O)N1Cc1ccc(-n2ccnn2)nc1. The zero-order valence-corrected chi connectivity index (χ0v) is 19.6. The van der Waals surface area contributed by atoms with Crippen molar-refractivity contribution in [3.63, 3.8) is 0 Å².